The van der Waals surface area contributed by atoms with Crippen molar-refractivity contribution in [2.24, 2.45) is 0 Å². The van der Waals surface area contributed by atoms with Crippen LogP contribution in [0.4, 0.5) is 0 Å². The van der Waals surface area contributed by atoms with Gasteiger partial charge in [-0.25, -0.2) is 0 Å². The fourth-order valence-electron chi connectivity index (χ4n) is 1.92. The van der Waals surface area contributed by atoms with Gasteiger partial charge in [-0.15, -0.1) is 0 Å². The topological polar surface area (TPSA) is 60.7 Å². The minimum atomic E-state index is 0.00981. The highest BCUT2D eigenvalue weighted by molar-refractivity contribution is 7.81. The lowest BCUT2D eigenvalue weighted by molar-refractivity contribution is 0.448. The van der Waals surface area contributed by atoms with Crippen LogP contribution in [0.5, 0.6) is 17.2 Å². The minimum absolute atomic E-state index is 0.00981. The van der Waals surface area contributed by atoms with Gasteiger partial charge in [0.25, 0.3) is 0 Å². The van der Waals surface area contributed by atoms with E-state index < -0.39 is 0 Å². The summed E-state index contributed by atoms with van der Waals surface area (Å²) in [7, 11) is 0. The number of benzene rings is 2. The highest BCUT2D eigenvalue weighted by Crippen LogP contribution is 2.31. The first kappa shape index (κ1) is 16.0. The molecule has 2 rings (SSSR count). The first-order valence-electron chi connectivity index (χ1n) is 6.85. The summed E-state index contributed by atoms with van der Waals surface area (Å²) in [6.45, 7) is 1.89. The summed E-state index contributed by atoms with van der Waals surface area (Å²) in [5, 5.41) is 29.3. The first-order chi connectivity index (χ1) is 10.5. The molecule has 2 aromatic carbocycles. The highest BCUT2D eigenvalue weighted by Gasteiger charge is 2.06. The van der Waals surface area contributed by atoms with E-state index in [-0.39, 0.29) is 22.5 Å². The van der Waals surface area contributed by atoms with Crippen molar-refractivity contribution in [2.75, 3.05) is 0 Å². The summed E-state index contributed by atoms with van der Waals surface area (Å²) in [6, 6.07) is 9.91. The van der Waals surface area contributed by atoms with Crippen LogP contribution in [0.2, 0.25) is 0 Å². The molecule has 114 valence electrons. The molecule has 0 bridgehead atoms. The molecule has 0 saturated heterocycles. The van der Waals surface area contributed by atoms with E-state index in [1.54, 1.807) is 54.6 Å². The van der Waals surface area contributed by atoms with Crippen molar-refractivity contribution >= 4 is 30.9 Å². The van der Waals surface area contributed by atoms with Crippen LogP contribution in [0.25, 0.3) is 18.2 Å². The van der Waals surface area contributed by atoms with E-state index in [1.165, 1.54) is 0 Å². The van der Waals surface area contributed by atoms with Gasteiger partial charge in [-0.05, 0) is 42.3 Å². The van der Waals surface area contributed by atoms with Crippen LogP contribution >= 0.6 is 12.6 Å². The molecule has 0 aliphatic rings. The van der Waals surface area contributed by atoms with E-state index in [0.717, 1.165) is 5.56 Å². The molecule has 0 aliphatic carbocycles. The van der Waals surface area contributed by atoms with Crippen LogP contribution in [0, 0.1) is 0 Å². The Kier molecular flexibility index (Phi) is 5.17. The Balaban J connectivity index is 2.24. The average Bonchev–Trinajstić information content (AvgIpc) is 2.45. The lowest BCUT2D eigenvalue weighted by Gasteiger charge is -2.05. The summed E-state index contributed by atoms with van der Waals surface area (Å²) in [4.78, 5) is 0. The van der Waals surface area contributed by atoms with Gasteiger partial charge in [-0.3, -0.25) is 0 Å². The predicted molar refractivity (Wildman–Crippen MR) is 94.3 cm³/mol. The molecule has 3 N–H and O–H groups in total. The fraction of sp³-hybridized carbons (Fsp3) is 0.111. The maximum atomic E-state index is 10.0. The maximum Gasteiger partial charge on any atom is 0.127 e. The summed E-state index contributed by atoms with van der Waals surface area (Å²) in [5.41, 5.74) is 1.96. The van der Waals surface area contributed by atoms with Gasteiger partial charge in [0.2, 0.25) is 0 Å². The maximum absolute atomic E-state index is 10.0. The second-order valence-electron chi connectivity index (χ2n) is 5.00. The molecule has 1 unspecified atom stereocenters. The second kappa shape index (κ2) is 7.09. The SMILES string of the molecule is CC(S)C=Cc1c(O)cc(C=Cc2ccc(O)cc2)cc1O. The Morgan fingerprint density at radius 1 is 0.864 bits per heavy atom. The number of hydrogen-bond donors (Lipinski definition) is 4. The van der Waals surface area contributed by atoms with Gasteiger partial charge in [0.05, 0.1) is 5.56 Å². The largest absolute Gasteiger partial charge is 0.508 e. The predicted octanol–water partition coefficient (Wildman–Crippen LogP) is 4.31. The quantitative estimate of drug-likeness (QED) is 0.502. The average molecular weight is 314 g/mol. The molecular weight excluding hydrogens is 296 g/mol. The summed E-state index contributed by atoms with van der Waals surface area (Å²) < 4.78 is 0. The van der Waals surface area contributed by atoms with Gasteiger partial charge in [-0.2, -0.15) is 12.6 Å². The molecule has 0 heterocycles. The molecule has 0 aromatic heterocycles. The van der Waals surface area contributed by atoms with E-state index in [2.05, 4.69) is 12.6 Å². The van der Waals surface area contributed by atoms with Crippen LogP contribution in [-0.2, 0) is 0 Å². The van der Waals surface area contributed by atoms with E-state index in [0.29, 0.717) is 11.1 Å². The normalized spacial score (nSPS) is 13.0. The number of thiol groups is 1. The zero-order chi connectivity index (χ0) is 16.1. The van der Waals surface area contributed by atoms with Crippen LogP contribution in [0.15, 0.2) is 42.5 Å². The molecule has 0 fully saturated rings. The minimum Gasteiger partial charge on any atom is -0.508 e. The van der Waals surface area contributed by atoms with E-state index in [9.17, 15) is 15.3 Å². The van der Waals surface area contributed by atoms with Crippen molar-refractivity contribution in [1.82, 2.24) is 0 Å². The molecule has 0 saturated carbocycles. The van der Waals surface area contributed by atoms with Gasteiger partial charge >= 0.3 is 0 Å². The number of rotatable bonds is 4. The van der Waals surface area contributed by atoms with Gasteiger partial charge in [0, 0.05) is 5.25 Å². The van der Waals surface area contributed by atoms with Crippen molar-refractivity contribution in [1.29, 1.82) is 0 Å². The third kappa shape index (κ3) is 4.33. The molecular formula is C18H18O3S. The van der Waals surface area contributed by atoms with Crippen LogP contribution < -0.4 is 0 Å². The Bertz CT molecular complexity index is 678. The Hall–Kier alpha value is -2.33. The van der Waals surface area contributed by atoms with E-state index >= 15 is 0 Å². The van der Waals surface area contributed by atoms with Gasteiger partial charge in [-0.1, -0.05) is 36.4 Å². The third-order valence-corrected chi connectivity index (χ3v) is 3.23. The van der Waals surface area contributed by atoms with Crippen LogP contribution in [-0.4, -0.2) is 20.6 Å². The van der Waals surface area contributed by atoms with Gasteiger partial charge in [0.1, 0.15) is 17.2 Å². The third-order valence-electron chi connectivity index (χ3n) is 3.06. The second-order valence-corrected chi connectivity index (χ2v) is 5.81. The molecule has 3 nitrogen and oxygen atoms in total. The van der Waals surface area contributed by atoms with Crippen molar-refractivity contribution in [3.63, 3.8) is 0 Å². The standard InChI is InChI=1S/C18H18O3S/c1-12(22)2-9-16-17(20)10-14(11-18(16)21)4-3-13-5-7-15(19)8-6-13/h2-12,19-22H,1H3. The molecule has 4 heteroatoms. The first-order valence-corrected chi connectivity index (χ1v) is 7.36. The zero-order valence-electron chi connectivity index (χ0n) is 12.1. The lowest BCUT2D eigenvalue weighted by atomic mass is 10.1. The summed E-state index contributed by atoms with van der Waals surface area (Å²) in [5.74, 6) is 0.230. The van der Waals surface area contributed by atoms with Crippen molar-refractivity contribution in [2.45, 2.75) is 12.2 Å². The fourth-order valence-corrected chi connectivity index (χ4v) is 2.01. The number of phenolic OH excluding ortho intramolecular Hbond substituents is 3. The van der Waals surface area contributed by atoms with Gasteiger partial charge in [0.15, 0.2) is 0 Å². The molecule has 0 spiro atoms. The van der Waals surface area contributed by atoms with Crippen LogP contribution in [0.3, 0.4) is 0 Å². The van der Waals surface area contributed by atoms with Crippen molar-refractivity contribution < 1.29 is 15.3 Å². The summed E-state index contributed by atoms with van der Waals surface area (Å²) >= 11 is 4.22. The molecule has 2 aromatic rings. The Morgan fingerprint density at radius 3 is 1.95 bits per heavy atom. The number of aromatic hydroxyl groups is 3. The molecule has 22 heavy (non-hydrogen) atoms. The van der Waals surface area contributed by atoms with Crippen molar-refractivity contribution in [3.05, 3.63) is 59.2 Å². The number of phenols is 3. The van der Waals surface area contributed by atoms with Crippen LogP contribution in [0.1, 0.15) is 23.6 Å². The molecule has 0 radical (unpaired) electrons. The molecule has 0 aliphatic heterocycles. The van der Waals surface area contributed by atoms with E-state index in [1.807, 2.05) is 13.0 Å². The summed E-state index contributed by atoms with van der Waals surface area (Å²) in [6.07, 6.45) is 7.04. The highest BCUT2D eigenvalue weighted by atomic mass is 32.1. The molecule has 1 atom stereocenters. The zero-order valence-corrected chi connectivity index (χ0v) is 13.0. The lowest BCUT2D eigenvalue weighted by Crippen LogP contribution is -1.84. The number of hydrogen-bond acceptors (Lipinski definition) is 4. The smallest absolute Gasteiger partial charge is 0.127 e. The monoisotopic (exact) mass is 314 g/mol. The van der Waals surface area contributed by atoms with Crippen molar-refractivity contribution in [3.8, 4) is 17.2 Å². The van der Waals surface area contributed by atoms with E-state index in [4.69, 9.17) is 0 Å². The van der Waals surface area contributed by atoms with Gasteiger partial charge < -0.3 is 15.3 Å². The molecule has 0 amide bonds. The Morgan fingerprint density at radius 2 is 1.41 bits per heavy atom. The Labute approximate surface area is 135 Å².